The molecule has 5 unspecified atom stereocenters. The number of ether oxygens (including phenoxy) is 5. The van der Waals surface area contributed by atoms with Gasteiger partial charge in [0.05, 0.1) is 33.0 Å². The van der Waals surface area contributed by atoms with Gasteiger partial charge in [0.2, 0.25) is 5.13 Å². The van der Waals surface area contributed by atoms with E-state index in [9.17, 15) is 0 Å². The molecule has 1 fully saturated rings. The molecule has 0 bridgehead atoms. The summed E-state index contributed by atoms with van der Waals surface area (Å²) in [7, 11) is 0. The molecule has 10 heteroatoms. The van der Waals surface area contributed by atoms with E-state index >= 15 is 0 Å². The predicted molar refractivity (Wildman–Crippen MR) is 207 cm³/mol. The number of anilines is 1. The highest BCUT2D eigenvalue weighted by Gasteiger charge is 2.49. The molecule has 1 saturated heterocycles. The van der Waals surface area contributed by atoms with Crippen LogP contribution in [0.1, 0.15) is 44.5 Å². The van der Waals surface area contributed by atoms with Crippen molar-refractivity contribution in [2.45, 2.75) is 63.4 Å². The minimum absolute atomic E-state index is 0.270. The van der Waals surface area contributed by atoms with Crippen molar-refractivity contribution in [3.8, 4) is 0 Å². The lowest BCUT2D eigenvalue weighted by molar-refractivity contribution is -0.275. The van der Waals surface area contributed by atoms with Crippen LogP contribution >= 0.6 is 22.9 Å². The normalized spacial score (nSPS) is 20.0. The summed E-state index contributed by atoms with van der Waals surface area (Å²) in [4.78, 5) is 0. The average Bonchev–Trinajstić information content (AvgIpc) is 3.62. The average molecular weight is 748 g/mol. The SMILES string of the molecule is Nc1nnc(Cc2cc(C3OC(COCc4ccccc4)C(OCc4ccccc4)C(OCc4ccccc4)C3OCc3ccccc3)ccc2Cl)s1. The highest BCUT2D eigenvalue weighted by atomic mass is 35.5. The van der Waals surface area contributed by atoms with Crippen LogP contribution in [-0.2, 0) is 56.5 Å². The van der Waals surface area contributed by atoms with Gasteiger partial charge in [0, 0.05) is 11.4 Å². The fourth-order valence-corrected chi connectivity index (χ4v) is 7.28. The summed E-state index contributed by atoms with van der Waals surface area (Å²) in [6, 6.07) is 46.4. The van der Waals surface area contributed by atoms with Gasteiger partial charge in [0.15, 0.2) is 0 Å². The molecule has 5 atom stereocenters. The molecule has 0 saturated carbocycles. The van der Waals surface area contributed by atoms with Crippen LogP contribution in [0, 0.1) is 0 Å². The van der Waals surface area contributed by atoms with Crippen LogP contribution in [0.2, 0.25) is 5.02 Å². The van der Waals surface area contributed by atoms with E-state index in [-0.39, 0.29) is 6.61 Å². The minimum atomic E-state index is -0.573. The van der Waals surface area contributed by atoms with Gasteiger partial charge >= 0.3 is 0 Å². The molecule has 5 aromatic carbocycles. The highest BCUT2D eigenvalue weighted by Crippen LogP contribution is 2.40. The van der Waals surface area contributed by atoms with Gasteiger partial charge in [-0.3, -0.25) is 0 Å². The molecule has 272 valence electrons. The molecular formula is C43H42ClN3O5S. The first kappa shape index (κ1) is 36.9. The van der Waals surface area contributed by atoms with Gasteiger partial charge in [-0.25, -0.2) is 0 Å². The van der Waals surface area contributed by atoms with Crippen LogP contribution in [0.3, 0.4) is 0 Å². The summed E-state index contributed by atoms with van der Waals surface area (Å²) in [5, 5.41) is 10.0. The van der Waals surface area contributed by atoms with E-state index in [2.05, 4.69) is 52.7 Å². The highest BCUT2D eigenvalue weighted by molar-refractivity contribution is 7.15. The zero-order valence-electron chi connectivity index (χ0n) is 29.2. The Morgan fingerprint density at radius 3 is 1.64 bits per heavy atom. The van der Waals surface area contributed by atoms with Crippen molar-refractivity contribution in [2.75, 3.05) is 12.3 Å². The van der Waals surface area contributed by atoms with E-state index in [0.717, 1.165) is 38.4 Å². The number of rotatable bonds is 16. The molecule has 0 spiro atoms. The van der Waals surface area contributed by atoms with E-state index < -0.39 is 30.5 Å². The van der Waals surface area contributed by atoms with Crippen molar-refractivity contribution >= 4 is 28.1 Å². The van der Waals surface area contributed by atoms with Crippen LogP contribution in [0.15, 0.2) is 140 Å². The van der Waals surface area contributed by atoms with Gasteiger partial charge in [0.1, 0.15) is 35.5 Å². The lowest BCUT2D eigenvalue weighted by atomic mass is 9.89. The van der Waals surface area contributed by atoms with Gasteiger partial charge < -0.3 is 29.4 Å². The molecule has 7 rings (SSSR count). The predicted octanol–water partition coefficient (Wildman–Crippen LogP) is 8.78. The number of nitrogens with two attached hydrogens (primary N) is 1. The van der Waals surface area contributed by atoms with Gasteiger partial charge in [-0.1, -0.05) is 156 Å². The Labute approximate surface area is 319 Å². The van der Waals surface area contributed by atoms with Crippen LogP contribution in [-0.4, -0.2) is 41.2 Å². The maximum absolute atomic E-state index is 7.10. The Morgan fingerprint density at radius 1 is 0.604 bits per heavy atom. The molecule has 2 N–H and O–H groups in total. The van der Waals surface area contributed by atoms with Crippen molar-refractivity contribution in [3.63, 3.8) is 0 Å². The van der Waals surface area contributed by atoms with E-state index in [1.807, 2.05) is 97.1 Å². The second-order valence-corrected chi connectivity index (χ2v) is 14.4. The van der Waals surface area contributed by atoms with Crippen molar-refractivity contribution in [2.24, 2.45) is 0 Å². The zero-order chi connectivity index (χ0) is 36.2. The van der Waals surface area contributed by atoms with E-state index in [0.29, 0.717) is 43.0 Å². The number of benzene rings is 5. The van der Waals surface area contributed by atoms with E-state index in [1.165, 1.54) is 11.3 Å². The fraction of sp³-hybridized carbons (Fsp3) is 0.256. The first-order chi connectivity index (χ1) is 26.1. The molecule has 1 aliphatic rings. The van der Waals surface area contributed by atoms with Crippen molar-refractivity contribution in [1.82, 2.24) is 10.2 Å². The van der Waals surface area contributed by atoms with Crippen molar-refractivity contribution in [1.29, 1.82) is 0 Å². The molecule has 1 aromatic heterocycles. The lowest BCUT2D eigenvalue weighted by Gasteiger charge is -2.46. The fourth-order valence-electron chi connectivity index (χ4n) is 6.47. The molecule has 6 aromatic rings. The van der Waals surface area contributed by atoms with Crippen LogP contribution in [0.4, 0.5) is 5.13 Å². The Kier molecular flexibility index (Phi) is 12.9. The number of aromatic nitrogens is 2. The van der Waals surface area contributed by atoms with Crippen LogP contribution in [0.5, 0.6) is 0 Å². The summed E-state index contributed by atoms with van der Waals surface area (Å²) in [5.41, 5.74) is 11.9. The lowest BCUT2D eigenvalue weighted by Crippen LogP contribution is -2.58. The van der Waals surface area contributed by atoms with E-state index in [4.69, 9.17) is 41.0 Å². The number of hydrogen-bond donors (Lipinski definition) is 1. The molecule has 0 aliphatic carbocycles. The molecule has 2 heterocycles. The largest absolute Gasteiger partial charge is 0.374 e. The standard InChI is InChI=1S/C43H42ClN3O5S/c44-36-22-21-34(23-35(36)24-38-46-47-43(45)53-38)39-41(50-27-32-17-9-3-10-18-32)42(51-28-33-19-11-4-12-20-33)40(49-26-31-15-7-2-8-16-31)37(52-39)29-48-25-30-13-5-1-6-14-30/h1-23,37,39-42H,24-29H2,(H2,45,47). The molecular weight excluding hydrogens is 706 g/mol. The Morgan fingerprint density at radius 2 is 1.11 bits per heavy atom. The van der Waals surface area contributed by atoms with Gasteiger partial charge in [-0.15, -0.1) is 10.2 Å². The maximum Gasteiger partial charge on any atom is 0.203 e. The Bertz CT molecular complexity index is 1990. The smallest absolute Gasteiger partial charge is 0.203 e. The number of nitrogens with zero attached hydrogens (tertiary/aromatic N) is 2. The molecule has 1 aliphatic heterocycles. The first-order valence-corrected chi connectivity index (χ1v) is 18.9. The summed E-state index contributed by atoms with van der Waals surface area (Å²) in [5.74, 6) is 0. The third-order valence-electron chi connectivity index (χ3n) is 9.11. The Balaban J connectivity index is 1.26. The minimum Gasteiger partial charge on any atom is -0.374 e. The molecule has 0 radical (unpaired) electrons. The summed E-state index contributed by atoms with van der Waals surface area (Å²) >= 11 is 8.13. The van der Waals surface area contributed by atoms with Gasteiger partial charge in [-0.2, -0.15) is 0 Å². The second kappa shape index (κ2) is 18.5. The summed E-state index contributed by atoms with van der Waals surface area (Å²) in [6.45, 7) is 1.77. The van der Waals surface area contributed by atoms with E-state index in [1.54, 1.807) is 0 Å². The number of hydrogen-bond acceptors (Lipinski definition) is 9. The quantitative estimate of drug-likeness (QED) is 0.105. The van der Waals surface area contributed by atoms with Crippen molar-refractivity contribution < 1.29 is 23.7 Å². The maximum atomic E-state index is 7.10. The van der Waals surface area contributed by atoms with Gasteiger partial charge in [-0.05, 0) is 39.4 Å². The number of nitrogen functional groups attached to an aromatic ring is 1. The second-order valence-electron chi connectivity index (χ2n) is 12.9. The summed E-state index contributed by atoms with van der Waals surface area (Å²) < 4.78 is 34.1. The topological polar surface area (TPSA) is 98.0 Å². The van der Waals surface area contributed by atoms with Crippen LogP contribution < -0.4 is 5.73 Å². The van der Waals surface area contributed by atoms with Crippen molar-refractivity contribution in [3.05, 3.63) is 183 Å². The Hall–Kier alpha value is -4.45. The monoisotopic (exact) mass is 747 g/mol. The molecule has 53 heavy (non-hydrogen) atoms. The van der Waals surface area contributed by atoms with Gasteiger partial charge in [0.25, 0.3) is 0 Å². The zero-order valence-corrected chi connectivity index (χ0v) is 30.8. The molecule has 8 nitrogen and oxygen atoms in total. The first-order valence-electron chi connectivity index (χ1n) is 17.7. The summed E-state index contributed by atoms with van der Waals surface area (Å²) in [6.07, 6.45) is -2.25. The molecule has 0 amide bonds. The third-order valence-corrected chi connectivity index (χ3v) is 10.2. The van der Waals surface area contributed by atoms with Crippen LogP contribution in [0.25, 0.3) is 0 Å². The third kappa shape index (κ3) is 10.2. The number of halogens is 1.